The summed E-state index contributed by atoms with van der Waals surface area (Å²) in [5.41, 5.74) is 0.136. The van der Waals surface area contributed by atoms with Crippen LogP contribution >= 0.6 is 0 Å². The number of amides is 1. The molecule has 2 heterocycles. The van der Waals surface area contributed by atoms with Crippen LogP contribution < -0.4 is 10.6 Å². The number of carbonyl (C=O) groups is 2. The molecule has 1 aromatic heterocycles. The van der Waals surface area contributed by atoms with Gasteiger partial charge in [-0.1, -0.05) is 6.42 Å². The van der Waals surface area contributed by atoms with E-state index in [0.717, 1.165) is 51.9 Å². The second kappa shape index (κ2) is 13.5. The number of rotatable bonds is 11. The SMILES string of the molecule is CC(C)NC(=O)[C@H]1CCC[C@H]1Cc1nc(Nc2ccc(C(=O)CCCN3CCOCC3)cc2)ncc1C(F)(F)F. The number of morpholine rings is 1. The summed E-state index contributed by atoms with van der Waals surface area (Å²) < 4.78 is 46.8. The van der Waals surface area contributed by atoms with Crippen LogP contribution in [0.15, 0.2) is 30.5 Å². The number of anilines is 2. The van der Waals surface area contributed by atoms with Gasteiger partial charge >= 0.3 is 6.18 Å². The number of carbonyl (C=O) groups excluding carboxylic acids is 2. The highest BCUT2D eigenvalue weighted by Crippen LogP contribution is 2.38. The van der Waals surface area contributed by atoms with Gasteiger partial charge in [0.25, 0.3) is 0 Å². The molecular formula is C29H38F3N5O3. The third-order valence-corrected chi connectivity index (χ3v) is 7.50. The molecule has 1 saturated heterocycles. The molecule has 2 N–H and O–H groups in total. The molecule has 2 aromatic rings. The average molecular weight is 562 g/mol. The Balaban J connectivity index is 1.40. The van der Waals surface area contributed by atoms with Crippen molar-refractivity contribution in [1.29, 1.82) is 0 Å². The summed E-state index contributed by atoms with van der Waals surface area (Å²) in [4.78, 5) is 35.7. The van der Waals surface area contributed by atoms with Gasteiger partial charge in [-0.2, -0.15) is 13.2 Å². The van der Waals surface area contributed by atoms with Gasteiger partial charge in [0.2, 0.25) is 11.9 Å². The Bertz CT molecular complexity index is 1150. The fraction of sp³-hybridized carbons (Fsp3) is 0.586. The van der Waals surface area contributed by atoms with E-state index in [1.54, 1.807) is 24.3 Å². The molecule has 218 valence electrons. The van der Waals surface area contributed by atoms with Crippen molar-refractivity contribution in [2.75, 3.05) is 38.2 Å². The van der Waals surface area contributed by atoms with Crippen LogP contribution in [0.5, 0.6) is 0 Å². The molecule has 0 radical (unpaired) electrons. The number of ketones is 1. The molecule has 2 fully saturated rings. The van der Waals surface area contributed by atoms with Crippen LogP contribution in [-0.2, 0) is 22.1 Å². The molecule has 2 aliphatic rings. The molecule has 1 aromatic carbocycles. The highest BCUT2D eigenvalue weighted by Gasteiger charge is 2.39. The van der Waals surface area contributed by atoms with Crippen molar-refractivity contribution in [3.63, 3.8) is 0 Å². The zero-order chi connectivity index (χ0) is 28.7. The second-order valence-corrected chi connectivity index (χ2v) is 10.9. The van der Waals surface area contributed by atoms with E-state index in [0.29, 0.717) is 30.5 Å². The minimum atomic E-state index is -4.61. The quantitative estimate of drug-likeness (QED) is 0.372. The third kappa shape index (κ3) is 8.23. The second-order valence-electron chi connectivity index (χ2n) is 10.9. The molecule has 0 spiro atoms. The lowest BCUT2D eigenvalue weighted by Crippen LogP contribution is -2.37. The van der Waals surface area contributed by atoms with Gasteiger partial charge in [-0.25, -0.2) is 9.97 Å². The van der Waals surface area contributed by atoms with Crippen molar-refractivity contribution in [3.05, 3.63) is 47.3 Å². The fourth-order valence-corrected chi connectivity index (χ4v) is 5.44. The zero-order valence-electron chi connectivity index (χ0n) is 23.1. The first kappa shape index (κ1) is 29.9. The summed E-state index contributed by atoms with van der Waals surface area (Å²) in [7, 11) is 0. The lowest BCUT2D eigenvalue weighted by atomic mass is 9.89. The molecule has 4 rings (SSSR count). The molecule has 8 nitrogen and oxygen atoms in total. The van der Waals surface area contributed by atoms with Crippen LogP contribution in [0.2, 0.25) is 0 Å². The largest absolute Gasteiger partial charge is 0.419 e. The van der Waals surface area contributed by atoms with Gasteiger partial charge in [0.05, 0.1) is 24.5 Å². The summed E-state index contributed by atoms with van der Waals surface area (Å²) >= 11 is 0. The zero-order valence-corrected chi connectivity index (χ0v) is 23.1. The van der Waals surface area contributed by atoms with Crippen molar-refractivity contribution >= 4 is 23.3 Å². The maximum absolute atomic E-state index is 13.8. The summed E-state index contributed by atoms with van der Waals surface area (Å²) in [6, 6.07) is 6.74. The van der Waals surface area contributed by atoms with Crippen molar-refractivity contribution < 1.29 is 27.5 Å². The predicted octanol–water partition coefficient (Wildman–Crippen LogP) is 5.02. The Morgan fingerprint density at radius 1 is 1.12 bits per heavy atom. The Hall–Kier alpha value is -3.05. The molecule has 1 saturated carbocycles. The number of benzene rings is 1. The van der Waals surface area contributed by atoms with E-state index in [9.17, 15) is 22.8 Å². The number of nitrogens with one attached hydrogen (secondary N) is 2. The maximum atomic E-state index is 13.8. The number of ether oxygens (including phenoxy) is 1. The Morgan fingerprint density at radius 2 is 1.85 bits per heavy atom. The molecule has 1 aliphatic carbocycles. The normalized spacial score (nSPS) is 20.1. The van der Waals surface area contributed by atoms with Gasteiger partial charge in [0.15, 0.2) is 5.78 Å². The molecule has 11 heteroatoms. The number of hydrogen-bond acceptors (Lipinski definition) is 7. The highest BCUT2D eigenvalue weighted by molar-refractivity contribution is 5.96. The average Bonchev–Trinajstić information content (AvgIpc) is 3.37. The number of alkyl halides is 3. The molecule has 0 bridgehead atoms. The van der Waals surface area contributed by atoms with Gasteiger partial charge in [-0.05, 0) is 76.3 Å². The molecular weight excluding hydrogens is 523 g/mol. The van der Waals surface area contributed by atoms with Crippen molar-refractivity contribution in [1.82, 2.24) is 20.2 Å². The smallest absolute Gasteiger partial charge is 0.379 e. The van der Waals surface area contributed by atoms with Crippen LogP contribution in [0.1, 0.15) is 67.6 Å². The predicted molar refractivity (Wildman–Crippen MR) is 145 cm³/mol. The van der Waals surface area contributed by atoms with Gasteiger partial charge in [-0.3, -0.25) is 14.5 Å². The lowest BCUT2D eigenvalue weighted by molar-refractivity contribution is -0.138. The number of hydrogen-bond donors (Lipinski definition) is 2. The van der Waals surface area contributed by atoms with Crippen LogP contribution in [0, 0.1) is 11.8 Å². The lowest BCUT2D eigenvalue weighted by Gasteiger charge is -2.26. The first-order valence-corrected chi connectivity index (χ1v) is 14.0. The van der Waals surface area contributed by atoms with E-state index < -0.39 is 11.7 Å². The highest BCUT2D eigenvalue weighted by atomic mass is 19.4. The summed E-state index contributed by atoms with van der Waals surface area (Å²) in [5, 5.41) is 5.85. The third-order valence-electron chi connectivity index (χ3n) is 7.50. The minimum Gasteiger partial charge on any atom is -0.379 e. The Morgan fingerprint density at radius 3 is 2.52 bits per heavy atom. The maximum Gasteiger partial charge on any atom is 0.419 e. The van der Waals surface area contributed by atoms with Gasteiger partial charge in [-0.15, -0.1) is 0 Å². The van der Waals surface area contributed by atoms with E-state index in [2.05, 4.69) is 25.5 Å². The van der Waals surface area contributed by atoms with E-state index in [1.807, 2.05) is 13.8 Å². The van der Waals surface area contributed by atoms with E-state index >= 15 is 0 Å². The standard InChI is InChI=1S/C29H38F3N5O3/c1-19(2)34-27(39)23-6-3-5-21(23)17-25-24(29(30,31)32)18-33-28(36-25)35-22-10-8-20(9-11-22)26(38)7-4-12-37-13-15-40-16-14-37/h8-11,18-19,21,23H,3-7,12-17H2,1-2H3,(H,34,39)(H,33,35,36)/t21-,23-/m0/s1. The van der Waals surface area contributed by atoms with Crippen LogP contribution in [0.25, 0.3) is 0 Å². The van der Waals surface area contributed by atoms with Crippen molar-refractivity contribution in [2.45, 2.75) is 64.6 Å². The minimum absolute atomic E-state index is 0.0359. The van der Waals surface area contributed by atoms with E-state index in [-0.39, 0.29) is 47.6 Å². The monoisotopic (exact) mass is 561 g/mol. The number of aromatic nitrogens is 2. The number of nitrogens with zero attached hydrogens (tertiary/aromatic N) is 3. The number of halogens is 3. The van der Waals surface area contributed by atoms with Crippen molar-refractivity contribution in [2.24, 2.45) is 11.8 Å². The molecule has 2 atom stereocenters. The Kier molecular flexibility index (Phi) is 10.1. The fourth-order valence-electron chi connectivity index (χ4n) is 5.44. The van der Waals surface area contributed by atoms with Crippen LogP contribution in [0.4, 0.5) is 24.8 Å². The molecule has 1 aliphatic heterocycles. The van der Waals surface area contributed by atoms with Gasteiger partial charge in [0, 0.05) is 48.9 Å². The van der Waals surface area contributed by atoms with E-state index in [1.165, 1.54) is 0 Å². The van der Waals surface area contributed by atoms with Crippen LogP contribution in [0.3, 0.4) is 0 Å². The summed E-state index contributed by atoms with van der Waals surface area (Å²) in [6.07, 6.45) is -0.450. The van der Waals surface area contributed by atoms with Crippen LogP contribution in [-0.4, -0.2) is 65.4 Å². The molecule has 40 heavy (non-hydrogen) atoms. The van der Waals surface area contributed by atoms with Gasteiger partial charge < -0.3 is 15.4 Å². The van der Waals surface area contributed by atoms with Crippen molar-refractivity contribution in [3.8, 4) is 0 Å². The summed E-state index contributed by atoms with van der Waals surface area (Å²) in [5.74, 6) is -0.603. The number of Topliss-reactive ketones (excluding diaryl/α,β-unsaturated/α-hetero) is 1. The topological polar surface area (TPSA) is 96.5 Å². The summed E-state index contributed by atoms with van der Waals surface area (Å²) in [6.45, 7) is 7.80. The Labute approximate surface area is 233 Å². The first-order chi connectivity index (χ1) is 19.1. The molecule has 0 unspecified atom stereocenters. The van der Waals surface area contributed by atoms with E-state index in [4.69, 9.17) is 4.74 Å². The molecule has 1 amide bonds. The first-order valence-electron chi connectivity index (χ1n) is 14.0. The van der Waals surface area contributed by atoms with Gasteiger partial charge in [0.1, 0.15) is 0 Å².